The van der Waals surface area contributed by atoms with Crippen molar-refractivity contribution in [3.8, 4) is 0 Å². The van der Waals surface area contributed by atoms with E-state index in [-0.39, 0.29) is 5.91 Å². The number of rotatable bonds is 5. The highest BCUT2D eigenvalue weighted by Crippen LogP contribution is 2.22. The molecule has 1 aromatic rings. The Morgan fingerprint density at radius 2 is 2.11 bits per heavy atom. The van der Waals surface area contributed by atoms with Gasteiger partial charge >= 0.3 is 0 Å². The van der Waals surface area contributed by atoms with Crippen LogP contribution in [-0.4, -0.2) is 32.6 Å². The summed E-state index contributed by atoms with van der Waals surface area (Å²) in [5, 5.41) is 6.12. The summed E-state index contributed by atoms with van der Waals surface area (Å²) in [7, 11) is 4.01. The maximum absolute atomic E-state index is 11.7. The number of anilines is 2. The van der Waals surface area contributed by atoms with Gasteiger partial charge in [0.05, 0.1) is 6.54 Å². The van der Waals surface area contributed by atoms with Crippen LogP contribution in [0.4, 0.5) is 11.4 Å². The first-order valence-corrected chi connectivity index (χ1v) is 6.37. The highest BCUT2D eigenvalue weighted by Gasteiger charge is 2.21. The molecular weight excluding hydrogens is 226 g/mol. The number of carbonyl (C=O) groups excluding carboxylic acids is 1. The van der Waals surface area contributed by atoms with Gasteiger partial charge in [-0.15, -0.1) is 0 Å². The third-order valence-corrected chi connectivity index (χ3v) is 3.10. The summed E-state index contributed by atoms with van der Waals surface area (Å²) in [6.07, 6.45) is 2.39. The number of nitrogens with one attached hydrogen (secondary N) is 2. The Morgan fingerprint density at radius 1 is 1.39 bits per heavy atom. The Morgan fingerprint density at radius 3 is 2.72 bits per heavy atom. The van der Waals surface area contributed by atoms with Crippen molar-refractivity contribution in [1.82, 2.24) is 5.32 Å². The van der Waals surface area contributed by atoms with Gasteiger partial charge in [0, 0.05) is 31.5 Å². The molecule has 0 aliphatic heterocycles. The molecule has 0 bridgehead atoms. The second-order valence-electron chi connectivity index (χ2n) is 5.10. The lowest BCUT2D eigenvalue weighted by atomic mass is 10.1. The quantitative estimate of drug-likeness (QED) is 0.833. The van der Waals surface area contributed by atoms with Crippen LogP contribution in [0.15, 0.2) is 18.2 Å². The summed E-state index contributed by atoms with van der Waals surface area (Å²) in [5.41, 5.74) is 3.18. The highest BCUT2D eigenvalue weighted by molar-refractivity contribution is 5.92. The molecule has 2 rings (SSSR count). The second kappa shape index (κ2) is 5.40. The van der Waals surface area contributed by atoms with E-state index in [1.807, 2.05) is 37.2 Å². The van der Waals surface area contributed by atoms with Gasteiger partial charge in [0.2, 0.25) is 5.91 Å². The number of amides is 1. The Bertz CT molecular complexity index is 439. The summed E-state index contributed by atoms with van der Waals surface area (Å²) in [5.74, 6) is 0.0236. The van der Waals surface area contributed by atoms with Crippen LogP contribution in [-0.2, 0) is 4.79 Å². The van der Waals surface area contributed by atoms with Gasteiger partial charge in [0.1, 0.15) is 0 Å². The third kappa shape index (κ3) is 3.47. The van der Waals surface area contributed by atoms with Crippen LogP contribution in [0.3, 0.4) is 0 Å². The standard InChI is InChI=1S/C14H21N3O/c1-10-4-5-12(8-13(10)17(2)3)16-14(18)9-15-11-6-7-11/h4-5,8,11,15H,6-7,9H2,1-3H3,(H,16,18). The lowest BCUT2D eigenvalue weighted by Crippen LogP contribution is -2.29. The number of benzene rings is 1. The number of nitrogens with zero attached hydrogens (tertiary/aromatic N) is 1. The van der Waals surface area contributed by atoms with E-state index in [0.717, 1.165) is 11.4 Å². The van der Waals surface area contributed by atoms with Gasteiger partial charge in [0.25, 0.3) is 0 Å². The number of carbonyl (C=O) groups is 1. The van der Waals surface area contributed by atoms with Gasteiger partial charge in [-0.05, 0) is 37.5 Å². The molecule has 1 amide bonds. The summed E-state index contributed by atoms with van der Waals surface area (Å²) < 4.78 is 0. The van der Waals surface area contributed by atoms with E-state index in [4.69, 9.17) is 0 Å². The highest BCUT2D eigenvalue weighted by atomic mass is 16.1. The van der Waals surface area contributed by atoms with Crippen LogP contribution in [0.5, 0.6) is 0 Å². The van der Waals surface area contributed by atoms with Crippen molar-refractivity contribution in [3.05, 3.63) is 23.8 Å². The molecule has 1 fully saturated rings. The molecule has 1 aliphatic carbocycles. The van der Waals surface area contributed by atoms with E-state index in [0.29, 0.717) is 12.6 Å². The summed E-state index contributed by atoms with van der Waals surface area (Å²) >= 11 is 0. The van der Waals surface area contributed by atoms with Crippen LogP contribution in [0.1, 0.15) is 18.4 Å². The lowest BCUT2D eigenvalue weighted by molar-refractivity contribution is -0.115. The van der Waals surface area contributed by atoms with Crippen molar-refractivity contribution in [1.29, 1.82) is 0 Å². The van der Waals surface area contributed by atoms with Crippen molar-refractivity contribution in [2.45, 2.75) is 25.8 Å². The molecule has 0 radical (unpaired) electrons. The Kier molecular flexibility index (Phi) is 3.87. The minimum atomic E-state index is 0.0236. The van der Waals surface area contributed by atoms with Crippen LogP contribution in [0, 0.1) is 6.92 Å². The Balaban J connectivity index is 1.95. The molecule has 0 heterocycles. The fraction of sp³-hybridized carbons (Fsp3) is 0.500. The molecule has 1 aliphatic rings. The van der Waals surface area contributed by atoms with E-state index < -0.39 is 0 Å². The van der Waals surface area contributed by atoms with E-state index in [9.17, 15) is 4.79 Å². The predicted molar refractivity (Wildman–Crippen MR) is 75.2 cm³/mol. The van der Waals surface area contributed by atoms with E-state index in [1.54, 1.807) is 0 Å². The Hall–Kier alpha value is -1.55. The molecule has 0 unspecified atom stereocenters. The second-order valence-corrected chi connectivity index (χ2v) is 5.10. The molecule has 4 nitrogen and oxygen atoms in total. The SMILES string of the molecule is Cc1ccc(NC(=O)CNC2CC2)cc1N(C)C. The third-order valence-electron chi connectivity index (χ3n) is 3.10. The summed E-state index contributed by atoms with van der Waals surface area (Å²) in [6.45, 7) is 2.46. The smallest absolute Gasteiger partial charge is 0.238 e. The van der Waals surface area contributed by atoms with Crippen molar-refractivity contribution >= 4 is 17.3 Å². The topological polar surface area (TPSA) is 44.4 Å². The van der Waals surface area contributed by atoms with Gasteiger partial charge in [-0.25, -0.2) is 0 Å². The van der Waals surface area contributed by atoms with Gasteiger partial charge in [-0.1, -0.05) is 6.07 Å². The molecule has 2 N–H and O–H groups in total. The average Bonchev–Trinajstić information content (AvgIpc) is 3.12. The van der Waals surface area contributed by atoms with Crippen molar-refractivity contribution in [3.63, 3.8) is 0 Å². The molecule has 1 saturated carbocycles. The lowest BCUT2D eigenvalue weighted by Gasteiger charge is -2.17. The van der Waals surface area contributed by atoms with E-state index in [1.165, 1.54) is 18.4 Å². The Labute approximate surface area is 108 Å². The minimum absolute atomic E-state index is 0.0236. The first-order valence-electron chi connectivity index (χ1n) is 6.37. The fourth-order valence-electron chi connectivity index (χ4n) is 1.90. The fourth-order valence-corrected chi connectivity index (χ4v) is 1.90. The first kappa shape index (κ1) is 12.9. The van der Waals surface area contributed by atoms with Crippen molar-refractivity contribution in [2.75, 3.05) is 30.9 Å². The van der Waals surface area contributed by atoms with Crippen LogP contribution < -0.4 is 15.5 Å². The van der Waals surface area contributed by atoms with Gasteiger partial charge in [-0.3, -0.25) is 4.79 Å². The molecule has 0 saturated heterocycles. The van der Waals surface area contributed by atoms with Gasteiger partial charge in [-0.2, -0.15) is 0 Å². The van der Waals surface area contributed by atoms with Crippen LogP contribution >= 0.6 is 0 Å². The maximum Gasteiger partial charge on any atom is 0.238 e. The number of hydrogen-bond donors (Lipinski definition) is 2. The average molecular weight is 247 g/mol. The monoisotopic (exact) mass is 247 g/mol. The zero-order chi connectivity index (χ0) is 13.1. The molecule has 0 atom stereocenters. The number of hydrogen-bond acceptors (Lipinski definition) is 3. The summed E-state index contributed by atoms with van der Waals surface area (Å²) in [4.78, 5) is 13.8. The summed E-state index contributed by atoms with van der Waals surface area (Å²) in [6, 6.07) is 6.53. The largest absolute Gasteiger partial charge is 0.377 e. The van der Waals surface area contributed by atoms with Crippen LogP contribution in [0.2, 0.25) is 0 Å². The molecular formula is C14H21N3O. The zero-order valence-corrected chi connectivity index (χ0v) is 11.3. The first-order chi connectivity index (χ1) is 8.56. The van der Waals surface area contributed by atoms with Gasteiger partial charge in [0.15, 0.2) is 0 Å². The molecule has 0 spiro atoms. The van der Waals surface area contributed by atoms with Gasteiger partial charge < -0.3 is 15.5 Å². The van der Waals surface area contributed by atoms with Crippen molar-refractivity contribution < 1.29 is 4.79 Å². The van der Waals surface area contributed by atoms with E-state index >= 15 is 0 Å². The maximum atomic E-state index is 11.7. The normalized spacial score (nSPS) is 14.4. The van der Waals surface area contributed by atoms with Crippen LogP contribution in [0.25, 0.3) is 0 Å². The molecule has 0 aromatic heterocycles. The predicted octanol–water partition coefficient (Wildman–Crippen LogP) is 1.75. The van der Waals surface area contributed by atoms with E-state index in [2.05, 4.69) is 17.6 Å². The minimum Gasteiger partial charge on any atom is -0.377 e. The zero-order valence-electron chi connectivity index (χ0n) is 11.3. The molecule has 1 aromatic carbocycles. The molecule has 98 valence electrons. The number of aryl methyl sites for hydroxylation is 1. The molecule has 4 heteroatoms. The van der Waals surface area contributed by atoms with Crippen molar-refractivity contribution in [2.24, 2.45) is 0 Å². The molecule has 18 heavy (non-hydrogen) atoms.